The summed E-state index contributed by atoms with van der Waals surface area (Å²) in [5, 5.41) is 0. The summed E-state index contributed by atoms with van der Waals surface area (Å²) in [7, 11) is -3.67. The highest BCUT2D eigenvalue weighted by Gasteiger charge is 2.22. The second kappa shape index (κ2) is 5.64. The van der Waals surface area contributed by atoms with Gasteiger partial charge in [-0.2, -0.15) is 0 Å². The first-order valence-corrected chi connectivity index (χ1v) is 7.82. The third-order valence-electron chi connectivity index (χ3n) is 2.74. The van der Waals surface area contributed by atoms with E-state index in [1.54, 1.807) is 0 Å². The van der Waals surface area contributed by atoms with Gasteiger partial charge >= 0.3 is 0 Å². The molecule has 0 bridgehead atoms. The van der Waals surface area contributed by atoms with Crippen LogP contribution in [0.25, 0.3) is 0 Å². The van der Waals surface area contributed by atoms with Crippen molar-refractivity contribution in [1.82, 2.24) is 4.72 Å². The van der Waals surface area contributed by atoms with E-state index >= 15 is 0 Å². The van der Waals surface area contributed by atoms with Gasteiger partial charge in [-0.05, 0) is 47.0 Å². The molecular formula is C11H13BrFNO3S. The average molecular weight is 338 g/mol. The van der Waals surface area contributed by atoms with Crippen molar-refractivity contribution in [3.05, 3.63) is 28.5 Å². The Morgan fingerprint density at radius 1 is 1.33 bits per heavy atom. The van der Waals surface area contributed by atoms with E-state index in [0.29, 0.717) is 26.1 Å². The van der Waals surface area contributed by atoms with Gasteiger partial charge in [-0.25, -0.2) is 17.5 Å². The lowest BCUT2D eigenvalue weighted by atomic mass is 10.1. The normalized spacial score (nSPS) is 17.9. The molecule has 0 unspecified atom stereocenters. The summed E-state index contributed by atoms with van der Waals surface area (Å²) in [6, 6.07) is 3.62. The first-order chi connectivity index (χ1) is 8.49. The number of ether oxygens (including phenoxy) is 1. The lowest BCUT2D eigenvalue weighted by Crippen LogP contribution is -2.38. The number of benzene rings is 1. The summed E-state index contributed by atoms with van der Waals surface area (Å²) >= 11 is 2.99. The van der Waals surface area contributed by atoms with Gasteiger partial charge in [0.1, 0.15) is 5.82 Å². The predicted octanol–water partition coefficient (Wildman–Crippen LogP) is 2.05. The van der Waals surface area contributed by atoms with E-state index in [1.165, 1.54) is 12.1 Å². The molecule has 0 saturated carbocycles. The van der Waals surface area contributed by atoms with Crippen molar-refractivity contribution in [1.29, 1.82) is 0 Å². The standard InChI is InChI=1S/C11H13BrFNO3S/c12-10-2-1-9(7-11(10)13)18(15,16)14-8-3-5-17-6-4-8/h1-2,7-8,14H,3-6H2. The molecule has 1 heterocycles. The van der Waals surface area contributed by atoms with E-state index in [1.807, 2.05) is 0 Å². The summed E-state index contributed by atoms with van der Waals surface area (Å²) in [6.45, 7) is 1.09. The lowest BCUT2D eigenvalue weighted by Gasteiger charge is -2.22. The molecule has 1 aromatic carbocycles. The molecule has 7 heteroatoms. The van der Waals surface area contributed by atoms with Gasteiger partial charge in [-0.15, -0.1) is 0 Å². The van der Waals surface area contributed by atoms with Gasteiger partial charge in [-0.1, -0.05) is 0 Å². The first-order valence-electron chi connectivity index (χ1n) is 5.54. The van der Waals surface area contributed by atoms with Gasteiger partial charge in [-0.3, -0.25) is 0 Å². The monoisotopic (exact) mass is 337 g/mol. The lowest BCUT2D eigenvalue weighted by molar-refractivity contribution is 0.0832. The fourth-order valence-corrected chi connectivity index (χ4v) is 3.31. The minimum Gasteiger partial charge on any atom is -0.381 e. The smallest absolute Gasteiger partial charge is 0.240 e. The van der Waals surface area contributed by atoms with Gasteiger partial charge in [0, 0.05) is 19.3 Å². The maximum absolute atomic E-state index is 13.3. The summed E-state index contributed by atoms with van der Waals surface area (Å²) in [5.74, 6) is -0.593. The fourth-order valence-electron chi connectivity index (χ4n) is 1.75. The summed E-state index contributed by atoms with van der Waals surface area (Å²) in [5.41, 5.74) is 0. The Labute approximate surface area is 114 Å². The molecule has 1 aliphatic heterocycles. The Kier molecular flexibility index (Phi) is 4.37. The van der Waals surface area contributed by atoms with Crippen LogP contribution in [-0.2, 0) is 14.8 Å². The van der Waals surface area contributed by atoms with Crippen LogP contribution in [0, 0.1) is 5.82 Å². The SMILES string of the molecule is O=S(=O)(NC1CCOCC1)c1ccc(Br)c(F)c1. The maximum Gasteiger partial charge on any atom is 0.240 e. The van der Waals surface area contributed by atoms with Gasteiger partial charge in [0.05, 0.1) is 9.37 Å². The van der Waals surface area contributed by atoms with E-state index in [0.717, 1.165) is 6.07 Å². The van der Waals surface area contributed by atoms with Crippen LogP contribution >= 0.6 is 15.9 Å². The second-order valence-corrected chi connectivity index (χ2v) is 6.65. The van der Waals surface area contributed by atoms with Crippen molar-refractivity contribution in [3.63, 3.8) is 0 Å². The van der Waals surface area contributed by atoms with E-state index in [2.05, 4.69) is 20.7 Å². The molecule has 1 fully saturated rings. The minimum absolute atomic E-state index is 0.0605. The van der Waals surface area contributed by atoms with Crippen LogP contribution in [0.1, 0.15) is 12.8 Å². The van der Waals surface area contributed by atoms with Gasteiger partial charge in [0.25, 0.3) is 0 Å². The Morgan fingerprint density at radius 3 is 2.61 bits per heavy atom. The molecule has 0 amide bonds. The van der Waals surface area contributed by atoms with Gasteiger partial charge in [0.2, 0.25) is 10.0 Å². The molecule has 1 saturated heterocycles. The topological polar surface area (TPSA) is 55.4 Å². The fraction of sp³-hybridized carbons (Fsp3) is 0.455. The van der Waals surface area contributed by atoms with E-state index in [9.17, 15) is 12.8 Å². The predicted molar refractivity (Wildman–Crippen MR) is 68.3 cm³/mol. The largest absolute Gasteiger partial charge is 0.381 e. The zero-order valence-electron chi connectivity index (χ0n) is 9.53. The highest BCUT2D eigenvalue weighted by molar-refractivity contribution is 9.10. The molecule has 1 aromatic rings. The molecule has 0 aliphatic carbocycles. The second-order valence-electron chi connectivity index (χ2n) is 4.08. The molecule has 4 nitrogen and oxygen atoms in total. The molecule has 100 valence electrons. The molecule has 1 N–H and O–H groups in total. The Bertz CT molecular complexity index is 529. The first kappa shape index (κ1) is 13.9. The molecular weight excluding hydrogens is 325 g/mol. The number of sulfonamides is 1. The van der Waals surface area contributed by atoms with E-state index in [4.69, 9.17) is 4.74 Å². The molecule has 18 heavy (non-hydrogen) atoms. The van der Waals surface area contributed by atoms with Gasteiger partial charge in [0.15, 0.2) is 0 Å². The number of halogens is 2. The van der Waals surface area contributed by atoms with Gasteiger partial charge < -0.3 is 4.74 Å². The molecule has 0 radical (unpaired) electrons. The number of hydrogen-bond donors (Lipinski definition) is 1. The zero-order valence-corrected chi connectivity index (χ0v) is 11.9. The van der Waals surface area contributed by atoms with Crippen molar-refractivity contribution in [2.24, 2.45) is 0 Å². The molecule has 0 atom stereocenters. The van der Waals surface area contributed by atoms with Crippen molar-refractivity contribution < 1.29 is 17.5 Å². The molecule has 2 rings (SSSR count). The Morgan fingerprint density at radius 2 is 2.00 bits per heavy atom. The molecule has 0 aromatic heterocycles. The number of nitrogens with one attached hydrogen (secondary N) is 1. The highest BCUT2D eigenvalue weighted by atomic mass is 79.9. The quantitative estimate of drug-likeness (QED) is 0.918. The van der Waals surface area contributed by atoms with E-state index < -0.39 is 15.8 Å². The average Bonchev–Trinajstić information content (AvgIpc) is 2.33. The highest BCUT2D eigenvalue weighted by Crippen LogP contribution is 2.20. The van der Waals surface area contributed by atoms with Crippen LogP contribution in [0.2, 0.25) is 0 Å². The van der Waals surface area contributed by atoms with Crippen LogP contribution in [0.15, 0.2) is 27.6 Å². The van der Waals surface area contributed by atoms with E-state index in [-0.39, 0.29) is 15.4 Å². The molecule has 1 aliphatic rings. The minimum atomic E-state index is -3.67. The van der Waals surface area contributed by atoms with Crippen LogP contribution in [0.4, 0.5) is 4.39 Å². The van der Waals surface area contributed by atoms with Crippen LogP contribution in [0.3, 0.4) is 0 Å². The number of hydrogen-bond acceptors (Lipinski definition) is 3. The third-order valence-corrected chi connectivity index (χ3v) is 4.91. The van der Waals surface area contributed by atoms with Crippen molar-refractivity contribution in [2.45, 2.75) is 23.8 Å². The van der Waals surface area contributed by atoms with Crippen molar-refractivity contribution >= 4 is 26.0 Å². The summed E-state index contributed by atoms with van der Waals surface area (Å²) in [6.07, 6.45) is 1.27. The van der Waals surface area contributed by atoms with Crippen molar-refractivity contribution in [2.75, 3.05) is 13.2 Å². The Balaban J connectivity index is 2.16. The Hall–Kier alpha value is -0.500. The van der Waals surface area contributed by atoms with Crippen LogP contribution in [0.5, 0.6) is 0 Å². The zero-order chi connectivity index (χ0) is 13.2. The summed E-state index contributed by atoms with van der Waals surface area (Å²) in [4.78, 5) is -0.0605. The summed E-state index contributed by atoms with van der Waals surface area (Å²) < 4.78 is 45.4. The maximum atomic E-state index is 13.3. The number of rotatable bonds is 3. The third kappa shape index (κ3) is 3.28. The van der Waals surface area contributed by atoms with Crippen molar-refractivity contribution in [3.8, 4) is 0 Å². The van der Waals surface area contributed by atoms with Crippen LogP contribution in [-0.4, -0.2) is 27.7 Å². The van der Waals surface area contributed by atoms with Crippen LogP contribution < -0.4 is 4.72 Å². The molecule has 0 spiro atoms.